The van der Waals surface area contributed by atoms with Crippen molar-refractivity contribution in [2.75, 3.05) is 45.5 Å². The van der Waals surface area contributed by atoms with Crippen LogP contribution in [0.5, 0.6) is 0 Å². The smallest absolute Gasteiger partial charge is 0.222 e. The molecule has 0 aliphatic carbocycles. The molecule has 0 aromatic carbocycles. The first-order chi connectivity index (χ1) is 10.4. The molecule has 0 aromatic heterocycles. The lowest BCUT2D eigenvalue weighted by Crippen LogP contribution is -2.38. The van der Waals surface area contributed by atoms with Crippen LogP contribution in [0.2, 0.25) is 0 Å². The van der Waals surface area contributed by atoms with Gasteiger partial charge in [0.25, 0.3) is 0 Å². The molecule has 136 valence electrons. The number of hydrogen-bond acceptors (Lipinski definition) is 4. The van der Waals surface area contributed by atoms with Gasteiger partial charge in [0, 0.05) is 32.6 Å². The largest absolute Gasteiger partial charge is 0.341 e. The lowest BCUT2D eigenvalue weighted by molar-refractivity contribution is -0.132. The molecule has 1 unspecified atom stereocenters. The molecule has 0 saturated carbocycles. The topological polar surface area (TPSA) is 69.7 Å². The Morgan fingerprint density at radius 2 is 1.83 bits per heavy atom. The summed E-state index contributed by atoms with van der Waals surface area (Å²) in [6, 6.07) is 0. The minimum atomic E-state index is -3.15. The van der Waals surface area contributed by atoms with Gasteiger partial charge < -0.3 is 10.2 Å². The van der Waals surface area contributed by atoms with Crippen LogP contribution in [0.15, 0.2) is 0 Å². The summed E-state index contributed by atoms with van der Waals surface area (Å²) < 4.78 is 24.7. The second-order valence-electron chi connectivity index (χ2n) is 6.67. The van der Waals surface area contributed by atoms with Crippen molar-refractivity contribution < 1.29 is 13.2 Å². The summed E-state index contributed by atoms with van der Waals surface area (Å²) >= 11 is 0. The maximum atomic E-state index is 12.5. The zero-order valence-electron chi connectivity index (χ0n) is 14.2. The average Bonchev–Trinajstić information content (AvgIpc) is 2.73. The normalized spacial score (nSPS) is 23.0. The fraction of sp³-hybridized carbons (Fsp3) is 0.933. The molecular weight excluding hydrogens is 338 g/mol. The average molecular weight is 368 g/mol. The highest BCUT2D eigenvalue weighted by molar-refractivity contribution is 7.88. The first-order valence-corrected chi connectivity index (χ1v) is 10.2. The number of carbonyl (C=O) groups excluding carboxylic acids is 1. The molecule has 23 heavy (non-hydrogen) atoms. The number of nitrogens with one attached hydrogen (secondary N) is 1. The van der Waals surface area contributed by atoms with E-state index in [0.29, 0.717) is 44.4 Å². The van der Waals surface area contributed by atoms with Crippen LogP contribution in [0.1, 0.15) is 32.6 Å². The van der Waals surface area contributed by atoms with Gasteiger partial charge in [0.15, 0.2) is 0 Å². The predicted octanol–water partition coefficient (Wildman–Crippen LogP) is 0.928. The van der Waals surface area contributed by atoms with E-state index < -0.39 is 10.0 Å². The van der Waals surface area contributed by atoms with E-state index in [-0.39, 0.29) is 18.3 Å². The van der Waals surface area contributed by atoms with Crippen molar-refractivity contribution in [2.45, 2.75) is 32.6 Å². The van der Waals surface area contributed by atoms with Crippen LogP contribution >= 0.6 is 12.4 Å². The minimum Gasteiger partial charge on any atom is -0.341 e. The van der Waals surface area contributed by atoms with E-state index in [1.807, 2.05) is 4.90 Å². The molecule has 2 rings (SSSR count). The van der Waals surface area contributed by atoms with Crippen LogP contribution in [0.4, 0.5) is 0 Å². The molecule has 0 bridgehead atoms. The highest BCUT2D eigenvalue weighted by Gasteiger charge is 2.27. The van der Waals surface area contributed by atoms with Crippen molar-refractivity contribution in [2.24, 2.45) is 11.8 Å². The summed E-state index contributed by atoms with van der Waals surface area (Å²) in [5, 5.41) is 3.36. The maximum Gasteiger partial charge on any atom is 0.222 e. The van der Waals surface area contributed by atoms with Crippen molar-refractivity contribution >= 4 is 28.3 Å². The number of carbonyl (C=O) groups is 1. The number of hydrogen-bond donors (Lipinski definition) is 1. The fourth-order valence-corrected chi connectivity index (χ4v) is 4.33. The van der Waals surface area contributed by atoms with Gasteiger partial charge in [0.2, 0.25) is 15.9 Å². The third kappa shape index (κ3) is 6.21. The molecule has 2 aliphatic rings. The fourth-order valence-electron chi connectivity index (χ4n) is 3.46. The number of piperidine rings is 1. The monoisotopic (exact) mass is 367 g/mol. The molecule has 0 spiro atoms. The van der Waals surface area contributed by atoms with E-state index >= 15 is 0 Å². The third-order valence-corrected chi connectivity index (χ3v) is 6.26. The molecule has 1 atom stereocenters. The number of halogens is 1. The molecular formula is C15H30ClN3O3S. The van der Waals surface area contributed by atoms with Crippen LogP contribution < -0.4 is 5.32 Å². The van der Waals surface area contributed by atoms with Crippen molar-refractivity contribution in [3.8, 4) is 0 Å². The lowest BCUT2D eigenvalue weighted by Gasteiger charge is -2.29. The highest BCUT2D eigenvalue weighted by atomic mass is 35.5. The molecule has 2 heterocycles. The van der Waals surface area contributed by atoms with E-state index in [1.165, 1.54) is 10.6 Å². The zero-order valence-corrected chi connectivity index (χ0v) is 15.8. The summed E-state index contributed by atoms with van der Waals surface area (Å²) in [7, 11) is -3.15. The first kappa shape index (κ1) is 20.7. The molecule has 0 aromatic rings. The van der Waals surface area contributed by atoms with E-state index in [2.05, 4.69) is 12.2 Å². The Kier molecular flexibility index (Phi) is 8.27. The summed E-state index contributed by atoms with van der Waals surface area (Å²) in [6.07, 6.45) is 4.85. The Hall–Kier alpha value is -0.370. The van der Waals surface area contributed by atoms with Gasteiger partial charge in [-0.05, 0) is 44.2 Å². The van der Waals surface area contributed by atoms with E-state index in [0.717, 1.165) is 32.4 Å². The van der Waals surface area contributed by atoms with E-state index in [1.54, 1.807) is 0 Å². The minimum absolute atomic E-state index is 0. The highest BCUT2D eigenvalue weighted by Crippen LogP contribution is 2.25. The maximum absolute atomic E-state index is 12.5. The molecule has 6 nitrogen and oxygen atoms in total. The van der Waals surface area contributed by atoms with Crippen molar-refractivity contribution in [1.29, 1.82) is 0 Å². The van der Waals surface area contributed by atoms with Gasteiger partial charge in [-0.2, -0.15) is 0 Å². The zero-order chi connectivity index (χ0) is 16.2. The van der Waals surface area contributed by atoms with Gasteiger partial charge in [0.05, 0.1) is 6.26 Å². The quantitative estimate of drug-likeness (QED) is 0.802. The molecule has 0 radical (unpaired) electrons. The summed E-state index contributed by atoms with van der Waals surface area (Å²) in [5.41, 5.74) is 0. The van der Waals surface area contributed by atoms with Crippen LogP contribution in [-0.4, -0.2) is 69.1 Å². The lowest BCUT2D eigenvalue weighted by atomic mass is 9.84. The molecule has 1 amide bonds. The Bertz CT molecular complexity index is 480. The van der Waals surface area contributed by atoms with Gasteiger partial charge in [-0.25, -0.2) is 12.7 Å². The van der Waals surface area contributed by atoms with Gasteiger partial charge in [0.1, 0.15) is 0 Å². The third-order valence-electron chi connectivity index (χ3n) is 4.96. The molecule has 2 saturated heterocycles. The van der Waals surface area contributed by atoms with Gasteiger partial charge in [-0.3, -0.25) is 4.79 Å². The van der Waals surface area contributed by atoms with Crippen LogP contribution in [0.3, 0.4) is 0 Å². The van der Waals surface area contributed by atoms with Crippen LogP contribution in [0.25, 0.3) is 0 Å². The van der Waals surface area contributed by atoms with E-state index in [4.69, 9.17) is 0 Å². The van der Waals surface area contributed by atoms with Crippen molar-refractivity contribution in [3.63, 3.8) is 0 Å². The second kappa shape index (κ2) is 9.20. The van der Waals surface area contributed by atoms with Crippen LogP contribution in [0, 0.1) is 11.8 Å². The standard InChI is InChI=1S/C15H29N3O3S.ClH/c1-13(14-4-6-16-7-5-14)12-15(19)17-8-3-9-18(11-10-17)22(2,20)21;/h13-14,16H,3-12H2,1-2H3;1H. The number of rotatable bonds is 4. The Morgan fingerprint density at radius 1 is 1.17 bits per heavy atom. The van der Waals surface area contributed by atoms with Gasteiger partial charge >= 0.3 is 0 Å². The number of sulfonamides is 1. The van der Waals surface area contributed by atoms with E-state index in [9.17, 15) is 13.2 Å². The molecule has 1 N–H and O–H groups in total. The summed E-state index contributed by atoms with van der Waals surface area (Å²) in [5.74, 6) is 1.22. The van der Waals surface area contributed by atoms with Crippen LogP contribution in [-0.2, 0) is 14.8 Å². The number of nitrogens with zero attached hydrogens (tertiary/aromatic N) is 2. The predicted molar refractivity (Wildman–Crippen MR) is 94.2 cm³/mol. The van der Waals surface area contributed by atoms with Gasteiger partial charge in [-0.1, -0.05) is 6.92 Å². The SMILES string of the molecule is CC(CC(=O)N1CCCN(S(C)(=O)=O)CC1)C1CCNCC1.Cl. The summed E-state index contributed by atoms with van der Waals surface area (Å²) in [4.78, 5) is 14.4. The van der Waals surface area contributed by atoms with Gasteiger partial charge in [-0.15, -0.1) is 12.4 Å². The second-order valence-corrected chi connectivity index (χ2v) is 8.65. The molecule has 8 heteroatoms. The molecule has 2 fully saturated rings. The first-order valence-electron chi connectivity index (χ1n) is 8.31. The van der Waals surface area contributed by atoms with Crippen molar-refractivity contribution in [3.05, 3.63) is 0 Å². The Balaban J connectivity index is 0.00000264. The summed E-state index contributed by atoms with van der Waals surface area (Å²) in [6.45, 7) is 6.41. The molecule has 2 aliphatic heterocycles. The number of amides is 1. The Morgan fingerprint density at radius 3 is 2.43 bits per heavy atom. The Labute approximate surface area is 146 Å². The van der Waals surface area contributed by atoms with Crippen molar-refractivity contribution in [1.82, 2.24) is 14.5 Å².